The normalized spacial score (nSPS) is 18.5. The first-order valence-corrected chi connectivity index (χ1v) is 9.03. The van der Waals surface area contributed by atoms with Crippen molar-refractivity contribution >= 4 is 0 Å². The molecule has 0 heterocycles. The summed E-state index contributed by atoms with van der Waals surface area (Å²) in [6.45, 7) is 6.72. The van der Waals surface area contributed by atoms with Crippen molar-refractivity contribution in [2.75, 3.05) is 0 Å². The second-order valence-electron chi connectivity index (χ2n) is 7.17. The Morgan fingerprint density at radius 1 is 1.09 bits per heavy atom. The lowest BCUT2D eigenvalue weighted by Gasteiger charge is -2.29. The van der Waals surface area contributed by atoms with E-state index in [0.29, 0.717) is 12.1 Å². The van der Waals surface area contributed by atoms with Gasteiger partial charge in [0.1, 0.15) is 0 Å². The average Bonchev–Trinajstić information content (AvgIpc) is 2.56. The summed E-state index contributed by atoms with van der Waals surface area (Å²) in [5.74, 6) is 0. The van der Waals surface area contributed by atoms with Crippen LogP contribution in [0.15, 0.2) is 42.5 Å². The molecule has 0 fully saturated rings. The number of aryl methyl sites for hydroxylation is 4. The molecule has 0 aliphatic heterocycles. The van der Waals surface area contributed by atoms with Crippen LogP contribution in [0.4, 0.5) is 0 Å². The van der Waals surface area contributed by atoms with Crippen molar-refractivity contribution in [3.8, 4) is 0 Å². The zero-order valence-electron chi connectivity index (χ0n) is 14.7. The standard InChI is InChI=1S/C22H29N/c1-16-11-13-19(15-17(16)2)14-12-18(3)23-22-10-6-8-20-7-4-5-9-21(20)22/h4-5,7,9,11,13,15,18,22-23H,6,8,10,12,14H2,1-3H3. The molecule has 0 spiro atoms. The lowest BCUT2D eigenvalue weighted by Crippen LogP contribution is -2.33. The Labute approximate surface area is 141 Å². The van der Waals surface area contributed by atoms with Crippen LogP contribution in [0.25, 0.3) is 0 Å². The summed E-state index contributed by atoms with van der Waals surface area (Å²) in [5.41, 5.74) is 7.32. The maximum absolute atomic E-state index is 3.87. The Bertz CT molecular complexity index is 659. The van der Waals surface area contributed by atoms with Crippen molar-refractivity contribution in [2.45, 2.75) is 65.0 Å². The summed E-state index contributed by atoms with van der Waals surface area (Å²) < 4.78 is 0. The van der Waals surface area contributed by atoms with Gasteiger partial charge in [-0.15, -0.1) is 0 Å². The van der Waals surface area contributed by atoms with E-state index < -0.39 is 0 Å². The fourth-order valence-electron chi connectivity index (χ4n) is 3.70. The van der Waals surface area contributed by atoms with Gasteiger partial charge in [0, 0.05) is 12.1 Å². The summed E-state index contributed by atoms with van der Waals surface area (Å²) in [7, 11) is 0. The van der Waals surface area contributed by atoms with E-state index in [1.807, 2.05) is 0 Å². The van der Waals surface area contributed by atoms with Crippen LogP contribution in [0.5, 0.6) is 0 Å². The first-order chi connectivity index (χ1) is 11.1. The first-order valence-electron chi connectivity index (χ1n) is 9.03. The molecule has 1 N–H and O–H groups in total. The largest absolute Gasteiger partial charge is 0.307 e. The van der Waals surface area contributed by atoms with Crippen molar-refractivity contribution in [3.63, 3.8) is 0 Å². The smallest absolute Gasteiger partial charge is 0.0325 e. The molecule has 0 aromatic heterocycles. The van der Waals surface area contributed by atoms with Gasteiger partial charge < -0.3 is 5.32 Å². The van der Waals surface area contributed by atoms with Crippen LogP contribution < -0.4 is 5.32 Å². The molecule has 1 nitrogen and oxygen atoms in total. The Hall–Kier alpha value is -1.60. The number of hydrogen-bond donors (Lipinski definition) is 1. The van der Waals surface area contributed by atoms with Crippen molar-refractivity contribution in [1.82, 2.24) is 5.32 Å². The van der Waals surface area contributed by atoms with E-state index in [0.717, 1.165) is 6.42 Å². The Morgan fingerprint density at radius 2 is 1.91 bits per heavy atom. The molecule has 23 heavy (non-hydrogen) atoms. The van der Waals surface area contributed by atoms with Gasteiger partial charge in [-0.2, -0.15) is 0 Å². The van der Waals surface area contributed by atoms with Gasteiger partial charge in [-0.3, -0.25) is 0 Å². The van der Waals surface area contributed by atoms with Gasteiger partial charge in [-0.25, -0.2) is 0 Å². The fraction of sp³-hybridized carbons (Fsp3) is 0.455. The highest BCUT2D eigenvalue weighted by molar-refractivity contribution is 5.32. The molecule has 1 heteroatoms. The molecule has 2 aromatic carbocycles. The summed E-state index contributed by atoms with van der Waals surface area (Å²) in [6, 6.07) is 16.9. The molecular formula is C22H29N. The van der Waals surface area contributed by atoms with E-state index in [1.54, 1.807) is 0 Å². The number of hydrogen-bond acceptors (Lipinski definition) is 1. The summed E-state index contributed by atoms with van der Waals surface area (Å²) in [4.78, 5) is 0. The summed E-state index contributed by atoms with van der Waals surface area (Å²) in [6.07, 6.45) is 6.17. The molecule has 0 saturated carbocycles. The van der Waals surface area contributed by atoms with Crippen LogP contribution in [0.3, 0.4) is 0 Å². The molecule has 0 saturated heterocycles. The molecule has 0 amide bonds. The Morgan fingerprint density at radius 3 is 2.74 bits per heavy atom. The number of fused-ring (bicyclic) bond motifs is 1. The van der Waals surface area contributed by atoms with Crippen molar-refractivity contribution in [1.29, 1.82) is 0 Å². The van der Waals surface area contributed by atoms with Gasteiger partial charge in [0.25, 0.3) is 0 Å². The monoisotopic (exact) mass is 307 g/mol. The maximum Gasteiger partial charge on any atom is 0.0325 e. The molecule has 2 unspecified atom stereocenters. The van der Waals surface area contributed by atoms with Crippen molar-refractivity contribution in [2.24, 2.45) is 0 Å². The van der Waals surface area contributed by atoms with E-state index in [1.165, 1.54) is 53.5 Å². The minimum absolute atomic E-state index is 0.537. The SMILES string of the molecule is Cc1ccc(CCC(C)NC2CCCc3ccccc32)cc1C. The van der Waals surface area contributed by atoms with Gasteiger partial charge in [0.05, 0.1) is 0 Å². The second-order valence-corrected chi connectivity index (χ2v) is 7.17. The van der Waals surface area contributed by atoms with Crippen molar-refractivity contribution in [3.05, 3.63) is 70.3 Å². The lowest BCUT2D eigenvalue weighted by atomic mass is 9.87. The highest BCUT2D eigenvalue weighted by atomic mass is 14.9. The van der Waals surface area contributed by atoms with Gasteiger partial charge >= 0.3 is 0 Å². The van der Waals surface area contributed by atoms with Gasteiger partial charge in [-0.1, -0.05) is 42.5 Å². The van der Waals surface area contributed by atoms with E-state index in [9.17, 15) is 0 Å². The second kappa shape index (κ2) is 7.31. The predicted octanol–water partition coefficient (Wildman–Crippen LogP) is 5.29. The van der Waals surface area contributed by atoms with Gasteiger partial charge in [0.2, 0.25) is 0 Å². The molecule has 1 aliphatic rings. The lowest BCUT2D eigenvalue weighted by molar-refractivity contribution is 0.395. The molecule has 0 radical (unpaired) electrons. The zero-order chi connectivity index (χ0) is 16.2. The van der Waals surface area contributed by atoms with E-state index in [4.69, 9.17) is 0 Å². The first kappa shape index (κ1) is 16.3. The average molecular weight is 307 g/mol. The van der Waals surface area contributed by atoms with Crippen LogP contribution in [-0.4, -0.2) is 6.04 Å². The highest BCUT2D eigenvalue weighted by Gasteiger charge is 2.20. The van der Waals surface area contributed by atoms with E-state index in [2.05, 4.69) is 68.6 Å². The van der Waals surface area contributed by atoms with Crippen LogP contribution in [0.2, 0.25) is 0 Å². The Balaban J connectivity index is 1.57. The van der Waals surface area contributed by atoms with Crippen molar-refractivity contribution < 1.29 is 0 Å². The highest BCUT2D eigenvalue weighted by Crippen LogP contribution is 2.30. The Kier molecular flexibility index (Phi) is 5.17. The predicted molar refractivity (Wildman–Crippen MR) is 99.0 cm³/mol. The topological polar surface area (TPSA) is 12.0 Å². The molecule has 1 aliphatic carbocycles. The van der Waals surface area contributed by atoms with Crippen LogP contribution in [0.1, 0.15) is 60.0 Å². The minimum Gasteiger partial charge on any atom is -0.307 e. The molecule has 3 rings (SSSR count). The number of rotatable bonds is 5. The third-order valence-corrected chi connectivity index (χ3v) is 5.29. The third kappa shape index (κ3) is 4.03. The minimum atomic E-state index is 0.537. The quantitative estimate of drug-likeness (QED) is 0.791. The molecule has 0 bridgehead atoms. The van der Waals surface area contributed by atoms with Gasteiger partial charge in [0.15, 0.2) is 0 Å². The summed E-state index contributed by atoms with van der Waals surface area (Å²) >= 11 is 0. The van der Waals surface area contributed by atoms with Crippen LogP contribution in [0, 0.1) is 13.8 Å². The van der Waals surface area contributed by atoms with E-state index >= 15 is 0 Å². The van der Waals surface area contributed by atoms with Crippen LogP contribution >= 0.6 is 0 Å². The van der Waals surface area contributed by atoms with Crippen LogP contribution in [-0.2, 0) is 12.8 Å². The van der Waals surface area contributed by atoms with E-state index in [-0.39, 0.29) is 0 Å². The molecule has 2 aromatic rings. The maximum atomic E-state index is 3.87. The summed E-state index contributed by atoms with van der Waals surface area (Å²) in [5, 5.41) is 3.87. The molecular weight excluding hydrogens is 278 g/mol. The third-order valence-electron chi connectivity index (χ3n) is 5.29. The number of benzene rings is 2. The molecule has 122 valence electrons. The molecule has 2 atom stereocenters. The number of nitrogens with one attached hydrogen (secondary N) is 1. The van der Waals surface area contributed by atoms with Gasteiger partial charge in [-0.05, 0) is 80.7 Å². The zero-order valence-corrected chi connectivity index (χ0v) is 14.7. The fourth-order valence-corrected chi connectivity index (χ4v) is 3.70.